The zero-order valence-electron chi connectivity index (χ0n) is 28.0. The highest BCUT2D eigenvalue weighted by molar-refractivity contribution is 6.28. The van der Waals surface area contributed by atoms with E-state index in [-0.39, 0.29) is 6.04 Å². The van der Waals surface area contributed by atoms with Crippen LogP contribution in [0.5, 0.6) is 0 Å². The number of aromatic nitrogens is 2. The minimum absolute atomic E-state index is 0.0618. The van der Waals surface area contributed by atoms with Crippen molar-refractivity contribution < 1.29 is 0 Å². The Hall–Kier alpha value is -6.65. The largest absolute Gasteiger partial charge is 0.346 e. The number of benzene rings is 7. The van der Waals surface area contributed by atoms with Crippen molar-refractivity contribution in [3.63, 3.8) is 0 Å². The summed E-state index contributed by atoms with van der Waals surface area (Å²) >= 11 is 0. The molecule has 0 spiro atoms. The fourth-order valence-corrected chi connectivity index (χ4v) is 8.90. The highest BCUT2D eigenvalue weighted by Crippen LogP contribution is 2.45. The second-order valence-electron chi connectivity index (χ2n) is 13.6. The molecule has 0 saturated carbocycles. The molecule has 1 atom stereocenters. The van der Waals surface area contributed by atoms with Gasteiger partial charge < -0.3 is 14.3 Å². The molecule has 51 heavy (non-hydrogen) atoms. The van der Waals surface area contributed by atoms with Gasteiger partial charge in [0.05, 0.1) is 40.1 Å². The first-order chi connectivity index (χ1) is 25.3. The van der Waals surface area contributed by atoms with Crippen LogP contribution in [0.3, 0.4) is 0 Å². The standard InChI is InChI=1S/C47H32N4/c1-48-28-49-45(34-18-10-13-29-12-2-3-14-31(29)34)38-17-6-9-23-43(38)50-41-21-7-5-16-33(41)40-27-39-30(26-44(40)50)24-25-37-36-20-11-19-35-32-15-4-8-22-42(32)51(46(35)36)47(37)39/h2-28,43H,1H3,(H,48,49)/b45-38-. The molecule has 7 aromatic carbocycles. The number of fused-ring (bicyclic) bond motifs is 12. The molecule has 3 aromatic heterocycles. The van der Waals surface area contributed by atoms with Gasteiger partial charge in [-0.3, -0.25) is 4.99 Å². The van der Waals surface area contributed by atoms with Crippen LogP contribution in [0, 0.1) is 0 Å². The van der Waals surface area contributed by atoms with Crippen molar-refractivity contribution in [2.75, 3.05) is 7.05 Å². The number of hydrogen-bond donors (Lipinski definition) is 1. The minimum Gasteiger partial charge on any atom is -0.346 e. The molecule has 3 heterocycles. The summed E-state index contributed by atoms with van der Waals surface area (Å²) in [5.41, 5.74) is 9.65. The predicted molar refractivity (Wildman–Crippen MR) is 217 cm³/mol. The molecule has 0 saturated heterocycles. The molecule has 0 fully saturated rings. The quantitative estimate of drug-likeness (QED) is 0.149. The molecule has 1 unspecified atom stereocenters. The summed E-state index contributed by atoms with van der Waals surface area (Å²) in [5, 5.41) is 16.3. The monoisotopic (exact) mass is 652 g/mol. The Morgan fingerprint density at radius 3 is 2.10 bits per heavy atom. The molecule has 4 nitrogen and oxygen atoms in total. The third-order valence-corrected chi connectivity index (χ3v) is 11.0. The number of aliphatic imine (C=N–C) groups is 1. The number of allylic oxidation sites excluding steroid dienone is 5. The van der Waals surface area contributed by atoms with E-state index in [1.54, 1.807) is 13.4 Å². The van der Waals surface area contributed by atoms with Crippen molar-refractivity contribution in [2.24, 2.45) is 4.99 Å². The average molecular weight is 653 g/mol. The number of para-hydroxylation sites is 3. The first kappa shape index (κ1) is 28.2. The molecule has 0 bridgehead atoms. The Balaban J connectivity index is 1.23. The van der Waals surface area contributed by atoms with E-state index in [2.05, 4.69) is 177 Å². The second-order valence-corrected chi connectivity index (χ2v) is 13.6. The number of nitrogens with zero attached hydrogens (tertiary/aromatic N) is 3. The minimum atomic E-state index is -0.0618. The maximum absolute atomic E-state index is 4.35. The third-order valence-electron chi connectivity index (χ3n) is 11.0. The second kappa shape index (κ2) is 10.7. The lowest BCUT2D eigenvalue weighted by Crippen LogP contribution is -2.18. The van der Waals surface area contributed by atoms with Gasteiger partial charge in [0.2, 0.25) is 0 Å². The topological polar surface area (TPSA) is 33.7 Å². The van der Waals surface area contributed by atoms with Crippen LogP contribution in [0.4, 0.5) is 0 Å². The molecule has 11 rings (SSSR count). The molecule has 10 aromatic rings. The lowest BCUT2D eigenvalue weighted by Gasteiger charge is -2.25. The van der Waals surface area contributed by atoms with Gasteiger partial charge in [-0.1, -0.05) is 133 Å². The Morgan fingerprint density at radius 2 is 1.24 bits per heavy atom. The Bertz CT molecular complexity index is 3180. The van der Waals surface area contributed by atoms with Gasteiger partial charge in [0, 0.05) is 61.4 Å². The predicted octanol–water partition coefficient (Wildman–Crippen LogP) is 11.6. The lowest BCUT2D eigenvalue weighted by atomic mass is 9.93. The number of nitrogens with one attached hydrogen (secondary N) is 1. The summed E-state index contributed by atoms with van der Waals surface area (Å²) in [4.78, 5) is 4.35. The van der Waals surface area contributed by atoms with Gasteiger partial charge in [-0.15, -0.1) is 0 Å². The van der Waals surface area contributed by atoms with Crippen molar-refractivity contribution in [3.05, 3.63) is 169 Å². The van der Waals surface area contributed by atoms with Crippen LogP contribution in [0.15, 0.2) is 168 Å². The normalized spacial score (nSPS) is 16.1. The Morgan fingerprint density at radius 1 is 0.569 bits per heavy atom. The lowest BCUT2D eigenvalue weighted by molar-refractivity contribution is 0.748. The van der Waals surface area contributed by atoms with Crippen LogP contribution >= 0.6 is 0 Å². The van der Waals surface area contributed by atoms with Crippen LogP contribution in [0.1, 0.15) is 11.6 Å². The third kappa shape index (κ3) is 3.87. The summed E-state index contributed by atoms with van der Waals surface area (Å²) in [6.07, 6.45) is 10.7. The van der Waals surface area contributed by atoms with Gasteiger partial charge in [0.15, 0.2) is 0 Å². The average Bonchev–Trinajstić information content (AvgIpc) is 3.82. The van der Waals surface area contributed by atoms with Crippen LogP contribution in [-0.2, 0) is 0 Å². The Kier molecular flexibility index (Phi) is 5.90. The van der Waals surface area contributed by atoms with E-state index in [1.165, 1.54) is 87.0 Å². The van der Waals surface area contributed by atoms with E-state index in [0.717, 1.165) is 11.3 Å². The molecule has 0 amide bonds. The van der Waals surface area contributed by atoms with Gasteiger partial charge in [-0.2, -0.15) is 0 Å². The SMILES string of the molecule is CN=CN/C(=C1/C=CC=CC1n1c2ccccc2c2cc3c(ccc4c5cccc6c7ccccc7n(c34)c65)cc21)c1cccc2ccccc12. The van der Waals surface area contributed by atoms with Crippen LogP contribution < -0.4 is 5.32 Å². The van der Waals surface area contributed by atoms with E-state index in [1.807, 2.05) is 0 Å². The van der Waals surface area contributed by atoms with Gasteiger partial charge >= 0.3 is 0 Å². The molecule has 1 N–H and O–H groups in total. The molecule has 0 aliphatic heterocycles. The van der Waals surface area contributed by atoms with E-state index < -0.39 is 0 Å². The molecular weight excluding hydrogens is 621 g/mol. The van der Waals surface area contributed by atoms with Gasteiger partial charge in [0.25, 0.3) is 0 Å². The highest BCUT2D eigenvalue weighted by atomic mass is 15.0. The zero-order valence-corrected chi connectivity index (χ0v) is 28.0. The smallest absolute Gasteiger partial charge is 0.0864 e. The first-order valence-corrected chi connectivity index (χ1v) is 17.6. The highest BCUT2D eigenvalue weighted by Gasteiger charge is 2.25. The molecule has 4 heteroatoms. The van der Waals surface area contributed by atoms with Crippen LogP contribution in [0.25, 0.3) is 87.1 Å². The van der Waals surface area contributed by atoms with E-state index >= 15 is 0 Å². The van der Waals surface area contributed by atoms with Crippen LogP contribution in [0.2, 0.25) is 0 Å². The fraction of sp³-hybridized carbons (Fsp3) is 0.0426. The van der Waals surface area contributed by atoms with Gasteiger partial charge in [-0.25, -0.2) is 0 Å². The van der Waals surface area contributed by atoms with Crippen molar-refractivity contribution in [3.8, 4) is 0 Å². The van der Waals surface area contributed by atoms with Crippen molar-refractivity contribution in [2.45, 2.75) is 6.04 Å². The summed E-state index contributed by atoms with van der Waals surface area (Å²) in [6.45, 7) is 0. The van der Waals surface area contributed by atoms with Crippen LogP contribution in [-0.4, -0.2) is 22.4 Å². The first-order valence-electron chi connectivity index (χ1n) is 17.6. The van der Waals surface area contributed by atoms with E-state index in [4.69, 9.17) is 0 Å². The molecule has 0 radical (unpaired) electrons. The summed E-state index contributed by atoms with van der Waals surface area (Å²) < 4.78 is 5.04. The summed E-state index contributed by atoms with van der Waals surface area (Å²) in [5.74, 6) is 0. The maximum atomic E-state index is 4.35. The van der Waals surface area contributed by atoms with Crippen molar-refractivity contribution in [1.82, 2.24) is 14.3 Å². The van der Waals surface area contributed by atoms with Crippen molar-refractivity contribution >= 4 is 93.5 Å². The molecule has 240 valence electrons. The number of rotatable bonds is 4. The summed E-state index contributed by atoms with van der Waals surface area (Å²) in [6, 6.07) is 49.0. The molecule has 1 aliphatic carbocycles. The molecular formula is C47H32N4. The summed E-state index contributed by atoms with van der Waals surface area (Å²) in [7, 11) is 1.81. The van der Waals surface area contributed by atoms with E-state index in [9.17, 15) is 0 Å². The Labute approximate surface area is 293 Å². The van der Waals surface area contributed by atoms with Crippen molar-refractivity contribution in [1.29, 1.82) is 0 Å². The maximum Gasteiger partial charge on any atom is 0.0864 e. The van der Waals surface area contributed by atoms with E-state index in [0.29, 0.717) is 0 Å². The molecule has 1 aliphatic rings. The number of hydrogen-bond acceptors (Lipinski definition) is 1. The fourth-order valence-electron chi connectivity index (χ4n) is 8.90. The van der Waals surface area contributed by atoms with Gasteiger partial charge in [0.1, 0.15) is 0 Å². The van der Waals surface area contributed by atoms with Gasteiger partial charge in [-0.05, 0) is 40.4 Å². The zero-order chi connectivity index (χ0) is 33.6.